The summed E-state index contributed by atoms with van der Waals surface area (Å²) in [5.74, 6) is -0.506. The molecule has 0 fully saturated rings. The van der Waals surface area contributed by atoms with E-state index in [0.717, 1.165) is 5.56 Å². The van der Waals surface area contributed by atoms with Crippen molar-refractivity contribution in [1.82, 2.24) is 0 Å². The molecule has 0 heterocycles. The molecular weight excluding hydrogens is 280 g/mol. The van der Waals surface area contributed by atoms with E-state index in [1.54, 1.807) is 31.2 Å². The molecule has 2 aromatic carbocycles. The highest BCUT2D eigenvalue weighted by atomic mass is 16.5. The highest BCUT2D eigenvalue weighted by Crippen LogP contribution is 2.08. The average Bonchev–Trinajstić information content (AvgIpc) is 2.56. The molecule has 0 spiro atoms. The Morgan fingerprint density at radius 3 is 2.18 bits per heavy atom. The number of hydrogen-bond acceptors (Lipinski definition) is 4. The van der Waals surface area contributed by atoms with E-state index in [0.29, 0.717) is 24.3 Å². The minimum Gasteiger partial charge on any atom is -0.462 e. The highest BCUT2D eigenvalue weighted by Gasteiger charge is 2.09. The molecule has 0 unspecified atom stereocenters. The number of benzene rings is 2. The summed E-state index contributed by atoms with van der Waals surface area (Å²) in [6.45, 7) is 2.48. The Labute approximate surface area is 129 Å². The maximum atomic E-state index is 12.0. The van der Waals surface area contributed by atoms with Gasteiger partial charge in [0, 0.05) is 5.56 Å². The first-order chi connectivity index (χ1) is 10.7. The van der Waals surface area contributed by atoms with Gasteiger partial charge in [0.15, 0.2) is 5.78 Å². The van der Waals surface area contributed by atoms with E-state index >= 15 is 0 Å². The van der Waals surface area contributed by atoms with Crippen molar-refractivity contribution in [2.75, 3.05) is 13.2 Å². The van der Waals surface area contributed by atoms with Crippen molar-refractivity contribution in [2.24, 2.45) is 0 Å². The van der Waals surface area contributed by atoms with Crippen LogP contribution < -0.4 is 0 Å². The summed E-state index contributed by atoms with van der Waals surface area (Å²) in [6, 6.07) is 16.1. The number of Topliss-reactive ketones (excluding diaryl/α,β-unsaturated/α-hetero) is 1. The molecular formula is C18H18O4. The Morgan fingerprint density at radius 2 is 1.55 bits per heavy atom. The van der Waals surface area contributed by atoms with Gasteiger partial charge in [-0.2, -0.15) is 0 Å². The van der Waals surface area contributed by atoms with E-state index in [-0.39, 0.29) is 18.4 Å². The minimum absolute atomic E-state index is 0.00759. The zero-order valence-corrected chi connectivity index (χ0v) is 12.5. The summed E-state index contributed by atoms with van der Waals surface area (Å²) in [7, 11) is 0. The van der Waals surface area contributed by atoms with Crippen LogP contribution in [-0.2, 0) is 16.1 Å². The summed E-state index contributed by atoms with van der Waals surface area (Å²) in [6.07, 6.45) is 0. The van der Waals surface area contributed by atoms with Crippen LogP contribution in [0.3, 0.4) is 0 Å². The van der Waals surface area contributed by atoms with Gasteiger partial charge in [0.2, 0.25) is 0 Å². The molecule has 2 rings (SSSR count). The second-order valence-corrected chi connectivity index (χ2v) is 4.70. The van der Waals surface area contributed by atoms with Crippen LogP contribution in [0.15, 0.2) is 54.6 Å². The zero-order valence-electron chi connectivity index (χ0n) is 12.5. The fourth-order valence-corrected chi connectivity index (χ4v) is 1.93. The number of carbonyl (C=O) groups excluding carboxylic acids is 2. The first-order valence-corrected chi connectivity index (χ1v) is 7.12. The number of ether oxygens (including phenoxy) is 2. The molecule has 0 atom stereocenters. The largest absolute Gasteiger partial charge is 0.462 e. The third kappa shape index (κ3) is 4.53. The second kappa shape index (κ2) is 8.10. The summed E-state index contributed by atoms with van der Waals surface area (Å²) >= 11 is 0. The Balaban J connectivity index is 1.86. The average molecular weight is 298 g/mol. The van der Waals surface area contributed by atoms with Crippen molar-refractivity contribution in [3.8, 4) is 0 Å². The number of hydrogen-bond donors (Lipinski definition) is 0. The summed E-state index contributed by atoms with van der Waals surface area (Å²) < 4.78 is 10.3. The maximum Gasteiger partial charge on any atom is 0.338 e. The normalized spacial score (nSPS) is 10.2. The van der Waals surface area contributed by atoms with E-state index in [9.17, 15) is 9.59 Å². The fraction of sp³-hybridized carbons (Fsp3) is 0.222. The molecule has 0 saturated carbocycles. The summed E-state index contributed by atoms with van der Waals surface area (Å²) in [5, 5.41) is 0. The summed E-state index contributed by atoms with van der Waals surface area (Å²) in [5.41, 5.74) is 1.97. The van der Waals surface area contributed by atoms with Crippen molar-refractivity contribution in [2.45, 2.75) is 13.5 Å². The Morgan fingerprint density at radius 1 is 0.909 bits per heavy atom. The lowest BCUT2D eigenvalue weighted by Crippen LogP contribution is -2.10. The van der Waals surface area contributed by atoms with Crippen molar-refractivity contribution >= 4 is 11.8 Å². The Hall–Kier alpha value is -2.46. The van der Waals surface area contributed by atoms with Crippen molar-refractivity contribution < 1.29 is 19.1 Å². The maximum absolute atomic E-state index is 12.0. The standard InChI is InChI=1S/C18H18O4/c1-2-22-18(20)16-10-8-15(9-11-16)17(19)13-21-12-14-6-4-3-5-7-14/h3-11H,2,12-13H2,1H3. The molecule has 2 aromatic rings. The fourth-order valence-electron chi connectivity index (χ4n) is 1.93. The first-order valence-electron chi connectivity index (χ1n) is 7.12. The van der Waals surface area contributed by atoms with Gasteiger partial charge < -0.3 is 9.47 Å². The van der Waals surface area contributed by atoms with Crippen molar-refractivity contribution in [3.05, 3.63) is 71.3 Å². The van der Waals surface area contributed by atoms with Gasteiger partial charge in [-0.15, -0.1) is 0 Å². The van der Waals surface area contributed by atoms with Crippen LogP contribution in [0.4, 0.5) is 0 Å². The molecule has 0 N–H and O–H groups in total. The first kappa shape index (κ1) is 15.9. The van der Waals surface area contributed by atoms with Crippen molar-refractivity contribution in [1.29, 1.82) is 0 Å². The van der Waals surface area contributed by atoms with Crippen LogP contribution in [0.2, 0.25) is 0 Å². The zero-order chi connectivity index (χ0) is 15.8. The Kier molecular flexibility index (Phi) is 5.86. The smallest absolute Gasteiger partial charge is 0.338 e. The van der Waals surface area contributed by atoms with Crippen LogP contribution in [0.1, 0.15) is 33.2 Å². The van der Waals surface area contributed by atoms with Crippen LogP contribution in [0.25, 0.3) is 0 Å². The van der Waals surface area contributed by atoms with Gasteiger partial charge in [-0.25, -0.2) is 4.79 Å². The predicted molar refractivity (Wildman–Crippen MR) is 82.8 cm³/mol. The van der Waals surface area contributed by atoms with Gasteiger partial charge in [-0.05, 0) is 24.6 Å². The minimum atomic E-state index is -0.387. The topological polar surface area (TPSA) is 52.6 Å². The van der Waals surface area contributed by atoms with E-state index in [1.165, 1.54) is 0 Å². The van der Waals surface area contributed by atoms with Gasteiger partial charge in [-0.3, -0.25) is 4.79 Å². The molecule has 4 nitrogen and oxygen atoms in total. The molecule has 114 valence electrons. The van der Waals surface area contributed by atoms with Gasteiger partial charge in [0.25, 0.3) is 0 Å². The number of ketones is 1. The number of carbonyl (C=O) groups is 2. The van der Waals surface area contributed by atoms with Gasteiger partial charge >= 0.3 is 5.97 Å². The molecule has 0 aliphatic rings. The van der Waals surface area contributed by atoms with Crippen LogP contribution in [-0.4, -0.2) is 25.0 Å². The van der Waals surface area contributed by atoms with Crippen LogP contribution >= 0.6 is 0 Å². The highest BCUT2D eigenvalue weighted by molar-refractivity contribution is 5.98. The molecule has 0 aliphatic heterocycles. The molecule has 0 aromatic heterocycles. The Bertz CT molecular complexity index is 617. The van der Waals surface area contributed by atoms with Crippen LogP contribution in [0.5, 0.6) is 0 Å². The molecule has 22 heavy (non-hydrogen) atoms. The lowest BCUT2D eigenvalue weighted by atomic mass is 10.1. The van der Waals surface area contributed by atoms with E-state index in [4.69, 9.17) is 9.47 Å². The number of rotatable bonds is 7. The van der Waals surface area contributed by atoms with E-state index < -0.39 is 0 Å². The monoisotopic (exact) mass is 298 g/mol. The lowest BCUT2D eigenvalue weighted by molar-refractivity contribution is 0.0526. The van der Waals surface area contributed by atoms with Gasteiger partial charge in [0.05, 0.1) is 18.8 Å². The quantitative estimate of drug-likeness (QED) is 0.581. The molecule has 0 aliphatic carbocycles. The summed E-state index contributed by atoms with van der Waals surface area (Å²) in [4.78, 5) is 23.5. The van der Waals surface area contributed by atoms with E-state index in [1.807, 2.05) is 30.3 Å². The van der Waals surface area contributed by atoms with Crippen LogP contribution in [0, 0.1) is 0 Å². The number of esters is 1. The molecule has 0 saturated heterocycles. The van der Waals surface area contributed by atoms with Crippen molar-refractivity contribution in [3.63, 3.8) is 0 Å². The SMILES string of the molecule is CCOC(=O)c1ccc(C(=O)COCc2ccccc2)cc1. The molecule has 4 heteroatoms. The van der Waals surface area contributed by atoms with Gasteiger partial charge in [0.1, 0.15) is 6.61 Å². The molecule has 0 amide bonds. The molecule has 0 bridgehead atoms. The molecule has 0 radical (unpaired) electrons. The van der Waals surface area contributed by atoms with E-state index in [2.05, 4.69) is 0 Å². The second-order valence-electron chi connectivity index (χ2n) is 4.70. The third-order valence-electron chi connectivity index (χ3n) is 3.06. The lowest BCUT2D eigenvalue weighted by Gasteiger charge is -2.05. The third-order valence-corrected chi connectivity index (χ3v) is 3.06. The van der Waals surface area contributed by atoms with Gasteiger partial charge in [-0.1, -0.05) is 42.5 Å². The predicted octanol–water partition coefficient (Wildman–Crippen LogP) is 3.26.